The topological polar surface area (TPSA) is 55.4 Å². The molecule has 0 saturated carbocycles. The van der Waals surface area contributed by atoms with Crippen molar-refractivity contribution in [2.75, 3.05) is 6.61 Å². The lowest BCUT2D eigenvalue weighted by molar-refractivity contribution is -0.230. The highest BCUT2D eigenvalue weighted by Gasteiger charge is 2.59. The minimum absolute atomic E-state index is 0.169. The predicted molar refractivity (Wildman–Crippen MR) is 81.8 cm³/mol. The zero-order valence-corrected chi connectivity index (χ0v) is 15.5. The van der Waals surface area contributed by atoms with Crippen LogP contribution in [0.1, 0.15) is 27.7 Å². The van der Waals surface area contributed by atoms with Crippen LogP contribution in [0.3, 0.4) is 0 Å². The van der Waals surface area contributed by atoms with E-state index in [-0.39, 0.29) is 24.4 Å². The number of rotatable bonds is 3. The average Bonchev–Trinajstić information content (AvgIpc) is 2.89. The summed E-state index contributed by atoms with van der Waals surface area (Å²) in [4.78, 5) is 0. The summed E-state index contributed by atoms with van der Waals surface area (Å²) in [5.74, 6) is -1.23. The van der Waals surface area contributed by atoms with Crippen molar-refractivity contribution in [1.29, 1.82) is 0 Å². The van der Waals surface area contributed by atoms with E-state index in [9.17, 15) is 0 Å². The van der Waals surface area contributed by atoms with Crippen molar-refractivity contribution in [1.82, 2.24) is 0 Å². The van der Waals surface area contributed by atoms with E-state index in [1.54, 1.807) is 0 Å². The third-order valence-corrected chi connectivity index (χ3v) is 4.89. The third kappa shape index (κ3) is 3.40. The standard InChI is InChI=1S/C15H28O6Si/c1-14(2)16-8-9(18-14)10-11(21-22(5,6)7)12-13(17-10)20-15(3,4)19-12/h9-13H,8H2,1-7H3/t9-,10-,11+,12+,13-/m1/s1. The lowest BCUT2D eigenvalue weighted by atomic mass is 10.1. The maximum absolute atomic E-state index is 6.37. The molecule has 3 aliphatic rings. The molecule has 0 bridgehead atoms. The van der Waals surface area contributed by atoms with Crippen LogP contribution in [0.25, 0.3) is 0 Å². The molecule has 3 fully saturated rings. The number of ether oxygens (including phenoxy) is 5. The summed E-state index contributed by atoms with van der Waals surface area (Å²) in [5.41, 5.74) is 0. The highest BCUT2D eigenvalue weighted by Crippen LogP contribution is 2.42. The van der Waals surface area contributed by atoms with Crippen LogP contribution in [0.15, 0.2) is 0 Å². The summed E-state index contributed by atoms with van der Waals surface area (Å²) in [6.45, 7) is 14.6. The SMILES string of the molecule is CC1(C)O[C@H]2O[C@H]([C@H]3COC(C)(C)O3)[C@H](O[Si](C)(C)C)[C@@H]2O1. The zero-order valence-electron chi connectivity index (χ0n) is 14.5. The van der Waals surface area contributed by atoms with Gasteiger partial charge in [-0.2, -0.15) is 0 Å². The van der Waals surface area contributed by atoms with Gasteiger partial charge >= 0.3 is 0 Å². The fourth-order valence-electron chi connectivity index (χ4n) is 3.22. The van der Waals surface area contributed by atoms with Gasteiger partial charge in [-0.3, -0.25) is 0 Å². The van der Waals surface area contributed by atoms with E-state index in [0.29, 0.717) is 6.61 Å². The minimum Gasteiger partial charge on any atom is -0.409 e. The Bertz CT molecular complexity index is 432. The lowest BCUT2D eigenvalue weighted by Gasteiger charge is -2.32. The van der Waals surface area contributed by atoms with Crippen LogP contribution in [0.2, 0.25) is 19.6 Å². The molecule has 3 rings (SSSR count). The van der Waals surface area contributed by atoms with E-state index in [1.165, 1.54) is 0 Å². The van der Waals surface area contributed by atoms with Crippen molar-refractivity contribution in [3.05, 3.63) is 0 Å². The molecule has 0 unspecified atom stereocenters. The van der Waals surface area contributed by atoms with Crippen LogP contribution in [0, 0.1) is 0 Å². The predicted octanol–water partition coefficient (Wildman–Crippen LogP) is 2.23. The van der Waals surface area contributed by atoms with Crippen molar-refractivity contribution in [2.45, 2.75) is 89.6 Å². The maximum atomic E-state index is 6.37. The highest BCUT2D eigenvalue weighted by atomic mass is 28.4. The normalized spacial score (nSPS) is 43.5. The largest absolute Gasteiger partial charge is 0.409 e. The van der Waals surface area contributed by atoms with Gasteiger partial charge in [0.1, 0.15) is 24.4 Å². The molecule has 128 valence electrons. The van der Waals surface area contributed by atoms with Crippen LogP contribution >= 0.6 is 0 Å². The van der Waals surface area contributed by atoms with E-state index < -0.39 is 26.2 Å². The molecule has 7 heteroatoms. The lowest BCUT2D eigenvalue weighted by Crippen LogP contribution is -2.48. The monoisotopic (exact) mass is 332 g/mol. The molecule has 0 aromatic carbocycles. The number of hydrogen-bond donors (Lipinski definition) is 0. The van der Waals surface area contributed by atoms with Crippen molar-refractivity contribution in [2.24, 2.45) is 0 Å². The summed E-state index contributed by atoms with van der Waals surface area (Å²) in [6.07, 6.45) is -1.23. The first kappa shape index (κ1) is 16.8. The van der Waals surface area contributed by atoms with Gasteiger partial charge < -0.3 is 28.1 Å². The molecule has 0 spiro atoms. The molecule has 0 aliphatic carbocycles. The maximum Gasteiger partial charge on any atom is 0.190 e. The summed E-state index contributed by atoms with van der Waals surface area (Å²) in [7, 11) is -1.77. The molecule has 0 aromatic rings. The number of hydrogen-bond acceptors (Lipinski definition) is 6. The van der Waals surface area contributed by atoms with Gasteiger partial charge in [0, 0.05) is 0 Å². The molecule has 0 amide bonds. The van der Waals surface area contributed by atoms with E-state index in [0.717, 1.165) is 0 Å². The molecule has 3 aliphatic heterocycles. The Kier molecular flexibility index (Phi) is 4.01. The van der Waals surface area contributed by atoms with E-state index in [2.05, 4.69) is 19.6 Å². The van der Waals surface area contributed by atoms with E-state index >= 15 is 0 Å². The Labute approximate surface area is 133 Å². The fourth-order valence-corrected chi connectivity index (χ4v) is 4.31. The van der Waals surface area contributed by atoms with Crippen LogP contribution in [-0.4, -0.2) is 57.2 Å². The molecule has 5 atom stereocenters. The Morgan fingerprint density at radius 1 is 0.909 bits per heavy atom. The van der Waals surface area contributed by atoms with Gasteiger partial charge in [-0.05, 0) is 47.3 Å². The van der Waals surface area contributed by atoms with Gasteiger partial charge in [-0.15, -0.1) is 0 Å². The van der Waals surface area contributed by atoms with E-state index in [4.69, 9.17) is 28.1 Å². The van der Waals surface area contributed by atoms with Crippen molar-refractivity contribution in [3.63, 3.8) is 0 Å². The van der Waals surface area contributed by atoms with Gasteiger partial charge in [0.2, 0.25) is 0 Å². The smallest absolute Gasteiger partial charge is 0.190 e. The first-order valence-electron chi connectivity index (χ1n) is 7.97. The quantitative estimate of drug-likeness (QED) is 0.739. The Morgan fingerprint density at radius 3 is 2.14 bits per heavy atom. The van der Waals surface area contributed by atoms with Gasteiger partial charge in [0.15, 0.2) is 26.2 Å². The molecular weight excluding hydrogens is 304 g/mol. The second-order valence-electron chi connectivity index (χ2n) is 8.13. The summed E-state index contributed by atoms with van der Waals surface area (Å²) < 4.78 is 36.0. The first-order chi connectivity index (χ1) is 9.96. The summed E-state index contributed by atoms with van der Waals surface area (Å²) in [5, 5.41) is 0. The Balaban J connectivity index is 1.78. The van der Waals surface area contributed by atoms with Gasteiger partial charge in [0.25, 0.3) is 0 Å². The molecule has 6 nitrogen and oxygen atoms in total. The van der Waals surface area contributed by atoms with Crippen molar-refractivity contribution >= 4 is 8.32 Å². The van der Waals surface area contributed by atoms with E-state index in [1.807, 2.05) is 27.7 Å². The van der Waals surface area contributed by atoms with Crippen molar-refractivity contribution in [3.8, 4) is 0 Å². The molecule has 0 aromatic heterocycles. The average molecular weight is 332 g/mol. The fraction of sp³-hybridized carbons (Fsp3) is 1.00. The second kappa shape index (κ2) is 5.24. The number of fused-ring (bicyclic) bond motifs is 1. The van der Waals surface area contributed by atoms with Crippen LogP contribution in [0.4, 0.5) is 0 Å². The summed E-state index contributed by atoms with van der Waals surface area (Å²) >= 11 is 0. The van der Waals surface area contributed by atoms with Crippen LogP contribution in [-0.2, 0) is 28.1 Å². The Hall–Kier alpha value is -0.0231. The second-order valence-corrected chi connectivity index (χ2v) is 12.6. The summed E-state index contributed by atoms with van der Waals surface area (Å²) in [6, 6.07) is 0. The van der Waals surface area contributed by atoms with Crippen molar-refractivity contribution < 1.29 is 28.1 Å². The zero-order chi connectivity index (χ0) is 16.3. The van der Waals surface area contributed by atoms with Gasteiger partial charge in [0.05, 0.1) is 6.61 Å². The minimum atomic E-state index is -1.77. The molecule has 3 heterocycles. The first-order valence-corrected chi connectivity index (χ1v) is 11.4. The molecule has 3 saturated heterocycles. The third-order valence-electron chi connectivity index (χ3n) is 3.91. The van der Waals surface area contributed by atoms with Crippen LogP contribution < -0.4 is 0 Å². The molecular formula is C15H28O6Si. The molecule has 22 heavy (non-hydrogen) atoms. The van der Waals surface area contributed by atoms with Crippen LogP contribution in [0.5, 0.6) is 0 Å². The van der Waals surface area contributed by atoms with Gasteiger partial charge in [-0.1, -0.05) is 0 Å². The Morgan fingerprint density at radius 2 is 1.59 bits per heavy atom. The molecule has 0 N–H and O–H groups in total. The molecule has 0 radical (unpaired) electrons. The van der Waals surface area contributed by atoms with Gasteiger partial charge in [-0.25, -0.2) is 0 Å². The highest BCUT2D eigenvalue weighted by molar-refractivity contribution is 6.69.